The van der Waals surface area contributed by atoms with Gasteiger partial charge in [0, 0.05) is 0 Å². The maximum atomic E-state index is 11.1. The van der Waals surface area contributed by atoms with Gasteiger partial charge >= 0.3 is 0 Å². The molecule has 0 aromatic heterocycles. The van der Waals surface area contributed by atoms with Crippen molar-refractivity contribution in [1.82, 2.24) is 0 Å². The maximum Gasteiger partial charge on any atom is 0.119 e. The van der Waals surface area contributed by atoms with Crippen molar-refractivity contribution in [2.75, 3.05) is 6.61 Å². The van der Waals surface area contributed by atoms with Crippen LogP contribution in [0.3, 0.4) is 0 Å². The first kappa shape index (κ1) is 14.6. The summed E-state index contributed by atoms with van der Waals surface area (Å²) < 4.78 is 5.46. The Bertz CT molecular complexity index is 519. The van der Waals surface area contributed by atoms with E-state index >= 15 is 0 Å². The van der Waals surface area contributed by atoms with Gasteiger partial charge in [-0.1, -0.05) is 55.8 Å². The Morgan fingerprint density at radius 2 is 1.50 bits per heavy atom. The average molecular weight is 270 g/mol. The van der Waals surface area contributed by atoms with Crippen LogP contribution in [0.4, 0.5) is 0 Å². The summed E-state index contributed by atoms with van der Waals surface area (Å²) in [7, 11) is 0. The molecule has 2 heteroatoms. The molecule has 2 aromatic rings. The molecule has 0 spiro atoms. The zero-order valence-electron chi connectivity index (χ0n) is 12.2. The van der Waals surface area contributed by atoms with Gasteiger partial charge in [-0.25, -0.2) is 0 Å². The fraction of sp³-hybridized carbons (Fsp3) is 0.333. The molecular formula is C18H22O2. The smallest absolute Gasteiger partial charge is 0.119 e. The zero-order chi connectivity index (χ0) is 14.4. The Hall–Kier alpha value is -1.80. The quantitative estimate of drug-likeness (QED) is 0.855. The third kappa shape index (κ3) is 3.02. The van der Waals surface area contributed by atoms with E-state index in [-0.39, 0.29) is 0 Å². The topological polar surface area (TPSA) is 29.5 Å². The highest BCUT2D eigenvalue weighted by Crippen LogP contribution is 2.34. The normalized spacial score (nSPS) is 13.8. The van der Waals surface area contributed by atoms with Crippen LogP contribution in [0.1, 0.15) is 37.8 Å². The SMILES string of the molecule is CCCC(O)(c1ccccc1)c1ccc(OCC)cc1. The molecule has 1 unspecified atom stereocenters. The van der Waals surface area contributed by atoms with Gasteiger partial charge in [-0.2, -0.15) is 0 Å². The minimum absolute atomic E-state index is 0.650. The molecule has 0 saturated carbocycles. The highest BCUT2D eigenvalue weighted by molar-refractivity contribution is 5.38. The van der Waals surface area contributed by atoms with Crippen LogP contribution >= 0.6 is 0 Å². The predicted octanol–water partition coefficient (Wildman–Crippen LogP) is 4.12. The monoisotopic (exact) mass is 270 g/mol. The standard InChI is InChI=1S/C18H22O2/c1-3-14-18(19,15-8-6-5-7-9-15)16-10-12-17(13-11-16)20-4-2/h5-13,19H,3-4,14H2,1-2H3. The van der Waals surface area contributed by atoms with Crippen LogP contribution in [0.25, 0.3) is 0 Å². The molecule has 0 heterocycles. The third-order valence-electron chi connectivity index (χ3n) is 3.51. The summed E-state index contributed by atoms with van der Waals surface area (Å²) in [5.41, 5.74) is 0.917. The van der Waals surface area contributed by atoms with Crippen molar-refractivity contribution in [2.45, 2.75) is 32.3 Å². The van der Waals surface area contributed by atoms with Crippen molar-refractivity contribution >= 4 is 0 Å². The van der Waals surface area contributed by atoms with E-state index < -0.39 is 5.60 Å². The van der Waals surface area contributed by atoms with Gasteiger partial charge < -0.3 is 9.84 Å². The Balaban J connectivity index is 2.37. The van der Waals surface area contributed by atoms with Crippen LogP contribution in [0, 0.1) is 0 Å². The molecular weight excluding hydrogens is 248 g/mol. The first-order chi connectivity index (χ1) is 9.70. The Morgan fingerprint density at radius 1 is 0.900 bits per heavy atom. The lowest BCUT2D eigenvalue weighted by molar-refractivity contribution is 0.0701. The summed E-state index contributed by atoms with van der Waals surface area (Å²) in [6.07, 6.45) is 1.61. The second kappa shape index (κ2) is 6.58. The van der Waals surface area contributed by atoms with E-state index in [0.29, 0.717) is 13.0 Å². The van der Waals surface area contributed by atoms with E-state index in [1.165, 1.54) is 0 Å². The van der Waals surface area contributed by atoms with Crippen molar-refractivity contribution in [3.05, 3.63) is 65.7 Å². The number of hydrogen-bond acceptors (Lipinski definition) is 2. The summed E-state index contributed by atoms with van der Waals surface area (Å²) in [5, 5.41) is 11.1. The van der Waals surface area contributed by atoms with Gasteiger partial charge in [0.1, 0.15) is 11.4 Å². The van der Waals surface area contributed by atoms with Gasteiger partial charge in [0.15, 0.2) is 0 Å². The molecule has 0 aliphatic rings. The van der Waals surface area contributed by atoms with Crippen LogP contribution < -0.4 is 4.74 Å². The molecule has 0 radical (unpaired) electrons. The molecule has 2 nitrogen and oxygen atoms in total. The van der Waals surface area contributed by atoms with Crippen molar-refractivity contribution in [2.24, 2.45) is 0 Å². The summed E-state index contributed by atoms with van der Waals surface area (Å²) in [6.45, 7) is 4.70. The Kier molecular flexibility index (Phi) is 4.80. The van der Waals surface area contributed by atoms with Gasteiger partial charge in [0.25, 0.3) is 0 Å². The van der Waals surface area contributed by atoms with Gasteiger partial charge in [-0.3, -0.25) is 0 Å². The predicted molar refractivity (Wildman–Crippen MR) is 82.0 cm³/mol. The Labute approximate surface area is 121 Å². The zero-order valence-corrected chi connectivity index (χ0v) is 12.2. The molecule has 0 saturated heterocycles. The second-order valence-corrected chi connectivity index (χ2v) is 4.93. The van der Waals surface area contributed by atoms with Gasteiger partial charge in [-0.15, -0.1) is 0 Å². The van der Waals surface area contributed by atoms with E-state index in [9.17, 15) is 5.11 Å². The summed E-state index contributed by atoms with van der Waals surface area (Å²) >= 11 is 0. The third-order valence-corrected chi connectivity index (χ3v) is 3.51. The van der Waals surface area contributed by atoms with E-state index in [1.807, 2.05) is 61.5 Å². The van der Waals surface area contributed by atoms with Crippen LogP contribution in [0.5, 0.6) is 5.75 Å². The van der Waals surface area contributed by atoms with Gasteiger partial charge in [0.05, 0.1) is 6.61 Å². The van der Waals surface area contributed by atoms with Gasteiger partial charge in [-0.05, 0) is 36.6 Å². The molecule has 1 atom stereocenters. The number of ether oxygens (including phenoxy) is 1. The summed E-state index contributed by atoms with van der Waals surface area (Å²) in [5.74, 6) is 0.836. The lowest BCUT2D eigenvalue weighted by Crippen LogP contribution is -2.26. The highest BCUT2D eigenvalue weighted by atomic mass is 16.5. The first-order valence-corrected chi connectivity index (χ1v) is 7.22. The van der Waals surface area contributed by atoms with Crippen LogP contribution in [0.15, 0.2) is 54.6 Å². The molecule has 0 fully saturated rings. The average Bonchev–Trinajstić information content (AvgIpc) is 2.49. The molecule has 2 aromatic carbocycles. The highest BCUT2D eigenvalue weighted by Gasteiger charge is 2.30. The maximum absolute atomic E-state index is 11.1. The molecule has 106 valence electrons. The molecule has 2 rings (SSSR count). The largest absolute Gasteiger partial charge is 0.494 e. The number of hydrogen-bond donors (Lipinski definition) is 1. The lowest BCUT2D eigenvalue weighted by Gasteiger charge is -2.29. The fourth-order valence-corrected chi connectivity index (χ4v) is 2.52. The van der Waals surface area contributed by atoms with Crippen LogP contribution in [0.2, 0.25) is 0 Å². The second-order valence-electron chi connectivity index (χ2n) is 4.93. The summed E-state index contributed by atoms with van der Waals surface area (Å²) in [6, 6.07) is 17.6. The molecule has 0 aliphatic carbocycles. The van der Waals surface area contributed by atoms with Crippen molar-refractivity contribution in [3.8, 4) is 5.75 Å². The molecule has 0 aliphatic heterocycles. The first-order valence-electron chi connectivity index (χ1n) is 7.22. The number of rotatable bonds is 6. The van der Waals surface area contributed by atoms with Gasteiger partial charge in [0.2, 0.25) is 0 Å². The molecule has 20 heavy (non-hydrogen) atoms. The van der Waals surface area contributed by atoms with E-state index in [0.717, 1.165) is 23.3 Å². The molecule has 1 N–H and O–H groups in total. The molecule has 0 bridgehead atoms. The Morgan fingerprint density at radius 3 is 2.05 bits per heavy atom. The number of benzene rings is 2. The van der Waals surface area contributed by atoms with E-state index in [1.54, 1.807) is 0 Å². The van der Waals surface area contributed by atoms with Crippen molar-refractivity contribution in [3.63, 3.8) is 0 Å². The molecule has 0 amide bonds. The van der Waals surface area contributed by atoms with Crippen LogP contribution in [-0.4, -0.2) is 11.7 Å². The minimum atomic E-state index is -0.930. The van der Waals surface area contributed by atoms with Crippen molar-refractivity contribution < 1.29 is 9.84 Å². The van der Waals surface area contributed by atoms with E-state index in [4.69, 9.17) is 4.74 Å². The lowest BCUT2D eigenvalue weighted by atomic mass is 9.83. The van der Waals surface area contributed by atoms with Crippen LogP contribution in [-0.2, 0) is 5.60 Å². The minimum Gasteiger partial charge on any atom is -0.494 e. The summed E-state index contributed by atoms with van der Waals surface area (Å²) in [4.78, 5) is 0. The van der Waals surface area contributed by atoms with E-state index in [2.05, 4.69) is 6.92 Å². The fourth-order valence-electron chi connectivity index (χ4n) is 2.52. The van der Waals surface area contributed by atoms with Crippen molar-refractivity contribution in [1.29, 1.82) is 0 Å². The number of aliphatic hydroxyl groups is 1.